The zero-order valence-corrected chi connectivity index (χ0v) is 9.85. The Bertz CT molecular complexity index is 379. The second-order valence-electron chi connectivity index (χ2n) is 3.56. The van der Waals surface area contributed by atoms with Crippen molar-refractivity contribution in [2.75, 3.05) is 7.11 Å². The van der Waals surface area contributed by atoms with Crippen LogP contribution in [0.1, 0.15) is 24.5 Å². The highest BCUT2D eigenvalue weighted by Crippen LogP contribution is 2.31. The third kappa shape index (κ3) is 4.44. The summed E-state index contributed by atoms with van der Waals surface area (Å²) in [6.45, 7) is 0. The molecule has 0 aliphatic carbocycles. The summed E-state index contributed by atoms with van der Waals surface area (Å²) in [4.78, 5) is 0. The van der Waals surface area contributed by atoms with Gasteiger partial charge in [-0.2, -0.15) is 13.2 Å². The number of aliphatic hydroxyl groups is 1. The fourth-order valence-electron chi connectivity index (χ4n) is 1.35. The number of rotatable bonds is 4. The molecule has 1 N–H and O–H groups in total. The SMILES string of the molecule is COc1cc(C(O)CCC(F)(F)F)ccc1Cl. The maximum absolute atomic E-state index is 12.0. The Labute approximate surface area is 102 Å². The average molecular weight is 269 g/mol. The molecule has 0 saturated heterocycles. The number of alkyl halides is 3. The number of aliphatic hydroxyl groups excluding tert-OH is 1. The summed E-state index contributed by atoms with van der Waals surface area (Å²) in [5.41, 5.74) is 0.357. The summed E-state index contributed by atoms with van der Waals surface area (Å²) in [6, 6.07) is 4.39. The molecule has 0 heterocycles. The van der Waals surface area contributed by atoms with E-state index in [2.05, 4.69) is 0 Å². The standard InChI is InChI=1S/C11H12ClF3O2/c1-17-10-6-7(2-3-8(10)12)9(16)4-5-11(13,14)15/h2-3,6,9,16H,4-5H2,1H3. The first-order valence-corrected chi connectivity index (χ1v) is 5.29. The zero-order chi connectivity index (χ0) is 13.1. The van der Waals surface area contributed by atoms with E-state index in [0.717, 1.165) is 0 Å². The van der Waals surface area contributed by atoms with Crippen LogP contribution >= 0.6 is 11.6 Å². The molecule has 96 valence electrons. The smallest absolute Gasteiger partial charge is 0.389 e. The fourth-order valence-corrected chi connectivity index (χ4v) is 1.55. The van der Waals surface area contributed by atoms with Gasteiger partial charge in [0.1, 0.15) is 5.75 Å². The van der Waals surface area contributed by atoms with Crippen LogP contribution in [-0.2, 0) is 0 Å². The van der Waals surface area contributed by atoms with Crippen molar-refractivity contribution in [2.24, 2.45) is 0 Å². The molecule has 0 spiro atoms. The predicted molar refractivity (Wildman–Crippen MR) is 58.3 cm³/mol. The zero-order valence-electron chi connectivity index (χ0n) is 9.09. The largest absolute Gasteiger partial charge is 0.495 e. The molecule has 1 atom stereocenters. The number of hydrogen-bond acceptors (Lipinski definition) is 2. The molecule has 0 saturated carbocycles. The van der Waals surface area contributed by atoms with E-state index >= 15 is 0 Å². The van der Waals surface area contributed by atoms with Crippen molar-refractivity contribution >= 4 is 11.6 Å². The Morgan fingerprint density at radius 1 is 1.41 bits per heavy atom. The Morgan fingerprint density at radius 2 is 2.06 bits per heavy atom. The van der Waals surface area contributed by atoms with Crippen molar-refractivity contribution in [3.63, 3.8) is 0 Å². The van der Waals surface area contributed by atoms with E-state index < -0.39 is 18.7 Å². The van der Waals surface area contributed by atoms with Gasteiger partial charge < -0.3 is 9.84 Å². The van der Waals surface area contributed by atoms with E-state index in [-0.39, 0.29) is 6.42 Å². The lowest BCUT2D eigenvalue weighted by molar-refractivity contribution is -0.140. The molecule has 1 unspecified atom stereocenters. The molecule has 1 rings (SSSR count). The normalized spacial score (nSPS) is 13.5. The van der Waals surface area contributed by atoms with Crippen LogP contribution in [0.4, 0.5) is 13.2 Å². The van der Waals surface area contributed by atoms with E-state index in [9.17, 15) is 18.3 Å². The lowest BCUT2D eigenvalue weighted by Gasteiger charge is -2.14. The van der Waals surface area contributed by atoms with Gasteiger partial charge >= 0.3 is 6.18 Å². The van der Waals surface area contributed by atoms with Crippen LogP contribution in [0.15, 0.2) is 18.2 Å². The van der Waals surface area contributed by atoms with Gasteiger partial charge in [-0.25, -0.2) is 0 Å². The third-order valence-corrected chi connectivity index (χ3v) is 2.57. The van der Waals surface area contributed by atoms with E-state index in [1.165, 1.54) is 25.3 Å². The van der Waals surface area contributed by atoms with Crippen LogP contribution < -0.4 is 4.74 Å². The average Bonchev–Trinajstić information content (AvgIpc) is 2.25. The molecule has 0 aromatic heterocycles. The van der Waals surface area contributed by atoms with Gasteiger partial charge in [-0.15, -0.1) is 0 Å². The third-order valence-electron chi connectivity index (χ3n) is 2.26. The lowest BCUT2D eigenvalue weighted by atomic mass is 10.0. The minimum absolute atomic E-state index is 0.329. The molecule has 2 nitrogen and oxygen atoms in total. The topological polar surface area (TPSA) is 29.5 Å². The Hall–Kier alpha value is -0.940. The van der Waals surface area contributed by atoms with Gasteiger partial charge in [-0.1, -0.05) is 17.7 Å². The second kappa shape index (κ2) is 5.60. The molecule has 1 aromatic carbocycles. The van der Waals surface area contributed by atoms with Gasteiger partial charge in [-0.3, -0.25) is 0 Å². The van der Waals surface area contributed by atoms with Crippen molar-refractivity contribution in [3.8, 4) is 5.75 Å². The molecule has 17 heavy (non-hydrogen) atoms. The van der Waals surface area contributed by atoms with Gasteiger partial charge in [0, 0.05) is 6.42 Å². The summed E-state index contributed by atoms with van der Waals surface area (Å²) in [5.74, 6) is 0.329. The quantitative estimate of drug-likeness (QED) is 0.902. The van der Waals surface area contributed by atoms with Crippen molar-refractivity contribution in [1.82, 2.24) is 0 Å². The van der Waals surface area contributed by atoms with Crippen molar-refractivity contribution in [2.45, 2.75) is 25.1 Å². The van der Waals surface area contributed by atoms with Gasteiger partial charge in [0.2, 0.25) is 0 Å². The van der Waals surface area contributed by atoms with Gasteiger partial charge in [-0.05, 0) is 24.1 Å². The number of benzene rings is 1. The van der Waals surface area contributed by atoms with Crippen LogP contribution in [0.25, 0.3) is 0 Å². The first kappa shape index (κ1) is 14.1. The van der Waals surface area contributed by atoms with Gasteiger partial charge in [0.15, 0.2) is 0 Å². The van der Waals surface area contributed by atoms with Crippen LogP contribution in [-0.4, -0.2) is 18.4 Å². The van der Waals surface area contributed by atoms with Crippen molar-refractivity contribution in [1.29, 1.82) is 0 Å². The molecular weight excluding hydrogens is 257 g/mol. The molecule has 0 aliphatic rings. The first-order chi connectivity index (χ1) is 7.83. The van der Waals surface area contributed by atoms with Crippen LogP contribution in [0, 0.1) is 0 Å². The van der Waals surface area contributed by atoms with Crippen LogP contribution in [0.2, 0.25) is 5.02 Å². The summed E-state index contributed by atoms with van der Waals surface area (Å²) < 4.78 is 40.9. The van der Waals surface area contributed by atoms with E-state index in [1.807, 2.05) is 0 Å². The summed E-state index contributed by atoms with van der Waals surface area (Å²) in [6.07, 6.45) is -6.85. The minimum atomic E-state index is -4.27. The maximum Gasteiger partial charge on any atom is 0.389 e. The number of ether oxygens (including phenoxy) is 1. The molecule has 6 heteroatoms. The second-order valence-corrected chi connectivity index (χ2v) is 3.97. The molecule has 0 radical (unpaired) electrons. The fraction of sp³-hybridized carbons (Fsp3) is 0.455. The maximum atomic E-state index is 12.0. The Balaban J connectivity index is 2.72. The minimum Gasteiger partial charge on any atom is -0.495 e. The molecular formula is C11H12ClF3O2. The monoisotopic (exact) mass is 268 g/mol. The summed E-state index contributed by atoms with van der Waals surface area (Å²) in [7, 11) is 1.40. The highest BCUT2D eigenvalue weighted by atomic mass is 35.5. The summed E-state index contributed by atoms with van der Waals surface area (Å²) in [5, 5.41) is 9.94. The predicted octanol–water partition coefficient (Wildman–Crippen LogP) is 3.72. The number of hydrogen-bond donors (Lipinski definition) is 1. The van der Waals surface area contributed by atoms with Crippen LogP contribution in [0.3, 0.4) is 0 Å². The van der Waals surface area contributed by atoms with E-state index in [1.54, 1.807) is 0 Å². The summed E-state index contributed by atoms with van der Waals surface area (Å²) >= 11 is 5.76. The molecule has 0 fully saturated rings. The van der Waals surface area contributed by atoms with E-state index in [0.29, 0.717) is 16.3 Å². The number of halogens is 4. The Morgan fingerprint density at radius 3 is 2.59 bits per heavy atom. The lowest BCUT2D eigenvalue weighted by Crippen LogP contribution is -2.10. The molecule has 0 bridgehead atoms. The first-order valence-electron chi connectivity index (χ1n) is 4.92. The van der Waals surface area contributed by atoms with E-state index in [4.69, 9.17) is 16.3 Å². The molecule has 0 aliphatic heterocycles. The molecule has 1 aromatic rings. The van der Waals surface area contributed by atoms with Gasteiger partial charge in [0.25, 0.3) is 0 Å². The highest BCUT2D eigenvalue weighted by molar-refractivity contribution is 6.32. The Kier molecular flexibility index (Phi) is 4.65. The van der Waals surface area contributed by atoms with Crippen LogP contribution in [0.5, 0.6) is 5.75 Å². The number of methoxy groups -OCH3 is 1. The van der Waals surface area contributed by atoms with Crippen molar-refractivity contribution in [3.05, 3.63) is 28.8 Å². The molecule has 0 amide bonds. The van der Waals surface area contributed by atoms with Crippen molar-refractivity contribution < 1.29 is 23.0 Å². The van der Waals surface area contributed by atoms with Gasteiger partial charge in [0.05, 0.1) is 18.2 Å². The highest BCUT2D eigenvalue weighted by Gasteiger charge is 2.28.